The number of nitrogens with zero attached hydrogens (tertiary/aromatic N) is 1. The summed E-state index contributed by atoms with van der Waals surface area (Å²) in [5, 5.41) is 1.15. The van der Waals surface area contributed by atoms with Gasteiger partial charge in [0.15, 0.2) is 18.9 Å². The second-order valence-electron chi connectivity index (χ2n) is 6.48. The van der Waals surface area contributed by atoms with Gasteiger partial charge < -0.3 is 21.7 Å². The minimum atomic E-state index is -0.0437. The number of benzene rings is 1. The zero-order valence-corrected chi connectivity index (χ0v) is 18.6. The van der Waals surface area contributed by atoms with E-state index in [9.17, 15) is 0 Å². The highest BCUT2D eigenvalue weighted by Gasteiger charge is 2.20. The maximum absolute atomic E-state index is 6.35. The van der Waals surface area contributed by atoms with Crippen molar-refractivity contribution >= 4 is 23.2 Å². The molecule has 1 heterocycles. The molecule has 0 radical (unpaired) electrons. The third kappa shape index (κ3) is 7.56. The topological polar surface area (TPSA) is 13.1 Å². The normalized spacial score (nSPS) is 13.1. The third-order valence-electron chi connectivity index (χ3n) is 4.55. The standard InChI is InChI=1S/C21H28Cl2NO.BrH/c1-3-5-9-17(4-2)16-25-21(15-24-12-7-6-8-13-24)18-10-11-19(22)20(23)14-18;/h6-8,10-14,17,21H,3-5,9,15-16H2,1-2H3;1H/q+1;/p-1. The molecule has 2 atom stereocenters. The van der Waals surface area contributed by atoms with Crippen LogP contribution in [0.25, 0.3) is 0 Å². The molecule has 0 aliphatic rings. The average Bonchev–Trinajstić information content (AvgIpc) is 2.64. The van der Waals surface area contributed by atoms with Crippen LogP contribution in [0.4, 0.5) is 0 Å². The van der Waals surface area contributed by atoms with Crippen LogP contribution in [0.15, 0.2) is 48.8 Å². The number of hydrogen-bond acceptors (Lipinski definition) is 1. The van der Waals surface area contributed by atoms with E-state index in [2.05, 4.69) is 30.8 Å². The Bertz CT molecular complexity index is 639. The van der Waals surface area contributed by atoms with Gasteiger partial charge in [0.25, 0.3) is 0 Å². The van der Waals surface area contributed by atoms with E-state index in [1.54, 1.807) is 0 Å². The third-order valence-corrected chi connectivity index (χ3v) is 5.28. The van der Waals surface area contributed by atoms with Crippen LogP contribution in [0.2, 0.25) is 10.0 Å². The van der Waals surface area contributed by atoms with Gasteiger partial charge in [-0.25, -0.2) is 4.57 Å². The highest BCUT2D eigenvalue weighted by molar-refractivity contribution is 6.42. The lowest BCUT2D eigenvalue weighted by atomic mass is 10.0. The van der Waals surface area contributed by atoms with Crippen molar-refractivity contribution in [3.05, 3.63) is 64.4 Å². The summed E-state index contributed by atoms with van der Waals surface area (Å²) in [5.41, 5.74) is 1.07. The van der Waals surface area contributed by atoms with Gasteiger partial charge in [0.2, 0.25) is 0 Å². The van der Waals surface area contributed by atoms with Crippen molar-refractivity contribution in [2.24, 2.45) is 5.92 Å². The summed E-state index contributed by atoms with van der Waals surface area (Å²) in [6.45, 7) is 6.00. The summed E-state index contributed by atoms with van der Waals surface area (Å²) < 4.78 is 8.49. The second-order valence-corrected chi connectivity index (χ2v) is 7.30. The fourth-order valence-corrected chi connectivity index (χ4v) is 3.17. The van der Waals surface area contributed by atoms with Crippen molar-refractivity contribution in [3.8, 4) is 0 Å². The molecule has 0 N–H and O–H groups in total. The molecule has 0 saturated heterocycles. The molecule has 0 fully saturated rings. The number of hydrogen-bond donors (Lipinski definition) is 0. The highest BCUT2D eigenvalue weighted by atomic mass is 79.9. The van der Waals surface area contributed by atoms with Crippen molar-refractivity contribution in [3.63, 3.8) is 0 Å². The number of rotatable bonds is 10. The Balaban J connectivity index is 0.00000338. The molecule has 2 unspecified atom stereocenters. The van der Waals surface area contributed by atoms with Crippen molar-refractivity contribution in [1.29, 1.82) is 0 Å². The summed E-state index contributed by atoms with van der Waals surface area (Å²) in [4.78, 5) is 0. The fourth-order valence-electron chi connectivity index (χ4n) is 2.86. The molecular formula is C21H28BrCl2NO. The number of pyridine rings is 1. The van der Waals surface area contributed by atoms with Crippen LogP contribution < -0.4 is 21.5 Å². The van der Waals surface area contributed by atoms with Gasteiger partial charge >= 0.3 is 0 Å². The van der Waals surface area contributed by atoms with Crippen LogP contribution in [0.5, 0.6) is 0 Å². The predicted molar refractivity (Wildman–Crippen MR) is 105 cm³/mol. The Hall–Kier alpha value is -0.610. The first-order valence-electron chi connectivity index (χ1n) is 9.14. The first kappa shape index (κ1) is 23.4. The van der Waals surface area contributed by atoms with Crippen LogP contribution in [-0.2, 0) is 11.3 Å². The molecule has 0 saturated carbocycles. The first-order valence-corrected chi connectivity index (χ1v) is 9.90. The molecule has 1 aromatic carbocycles. The Kier molecular flexibility index (Phi) is 11.5. The lowest BCUT2D eigenvalue weighted by molar-refractivity contribution is -0.705. The summed E-state index contributed by atoms with van der Waals surface area (Å²) in [5.74, 6) is 0.603. The Labute approximate surface area is 178 Å². The quantitative estimate of drug-likeness (QED) is 0.496. The van der Waals surface area contributed by atoms with Crippen LogP contribution in [0.3, 0.4) is 0 Å². The van der Waals surface area contributed by atoms with E-state index in [1.165, 1.54) is 19.3 Å². The van der Waals surface area contributed by atoms with E-state index in [4.69, 9.17) is 27.9 Å². The Morgan fingerprint density at radius 3 is 2.38 bits per heavy atom. The van der Waals surface area contributed by atoms with Gasteiger partial charge in [-0.15, -0.1) is 0 Å². The molecule has 5 heteroatoms. The Morgan fingerprint density at radius 1 is 1.04 bits per heavy atom. The fraction of sp³-hybridized carbons (Fsp3) is 0.476. The monoisotopic (exact) mass is 459 g/mol. The van der Waals surface area contributed by atoms with Crippen molar-refractivity contribution < 1.29 is 26.3 Å². The van der Waals surface area contributed by atoms with Crippen LogP contribution in [0, 0.1) is 5.92 Å². The van der Waals surface area contributed by atoms with Gasteiger partial charge in [-0.2, -0.15) is 0 Å². The van der Waals surface area contributed by atoms with Crippen molar-refractivity contribution in [1.82, 2.24) is 0 Å². The molecule has 26 heavy (non-hydrogen) atoms. The molecule has 2 rings (SSSR count). The second kappa shape index (κ2) is 12.7. The van der Waals surface area contributed by atoms with Crippen LogP contribution in [-0.4, -0.2) is 6.61 Å². The maximum atomic E-state index is 6.35. The van der Waals surface area contributed by atoms with Gasteiger partial charge in [0.1, 0.15) is 6.10 Å². The van der Waals surface area contributed by atoms with Gasteiger partial charge in [-0.05, 0) is 30.0 Å². The molecule has 0 spiro atoms. The Morgan fingerprint density at radius 2 is 1.77 bits per heavy atom. The van der Waals surface area contributed by atoms with Gasteiger partial charge in [-0.3, -0.25) is 0 Å². The van der Waals surface area contributed by atoms with Gasteiger partial charge in [-0.1, -0.05) is 68.4 Å². The molecule has 0 bridgehead atoms. The SMILES string of the molecule is CCCCC(CC)COC(C[n+]1ccccc1)c1ccc(Cl)c(Cl)c1.[Br-]. The molecule has 2 nitrogen and oxygen atoms in total. The largest absolute Gasteiger partial charge is 1.00 e. The number of unbranched alkanes of at least 4 members (excludes halogenated alkanes) is 1. The summed E-state index contributed by atoms with van der Waals surface area (Å²) in [6, 6.07) is 11.9. The van der Waals surface area contributed by atoms with Crippen LogP contribution in [0.1, 0.15) is 51.2 Å². The van der Waals surface area contributed by atoms with Crippen molar-refractivity contribution in [2.45, 2.75) is 52.2 Å². The lowest BCUT2D eigenvalue weighted by Gasteiger charge is -2.20. The zero-order chi connectivity index (χ0) is 18.1. The highest BCUT2D eigenvalue weighted by Crippen LogP contribution is 2.28. The number of ether oxygens (including phenoxy) is 1. The molecule has 144 valence electrons. The van der Waals surface area contributed by atoms with Gasteiger partial charge in [0, 0.05) is 12.1 Å². The smallest absolute Gasteiger partial charge is 0.178 e. The molecule has 1 aromatic heterocycles. The van der Waals surface area contributed by atoms with E-state index in [1.807, 2.05) is 36.4 Å². The molecule has 2 aromatic rings. The van der Waals surface area contributed by atoms with Crippen LogP contribution >= 0.6 is 23.2 Å². The molecular weight excluding hydrogens is 433 g/mol. The minimum Gasteiger partial charge on any atom is -1.00 e. The number of aromatic nitrogens is 1. The molecule has 0 aliphatic heterocycles. The van der Waals surface area contributed by atoms with E-state index < -0.39 is 0 Å². The summed E-state index contributed by atoms with van der Waals surface area (Å²) >= 11 is 12.3. The van der Waals surface area contributed by atoms with Crippen molar-refractivity contribution in [2.75, 3.05) is 6.61 Å². The van der Waals surface area contributed by atoms with E-state index in [0.717, 1.165) is 25.1 Å². The first-order chi connectivity index (χ1) is 12.1. The minimum absolute atomic E-state index is 0. The van der Waals surface area contributed by atoms with E-state index in [-0.39, 0.29) is 23.1 Å². The number of halogens is 3. The van der Waals surface area contributed by atoms with Gasteiger partial charge in [0.05, 0.1) is 16.7 Å². The molecule has 0 aliphatic carbocycles. The predicted octanol–water partition coefficient (Wildman–Crippen LogP) is 3.26. The maximum Gasteiger partial charge on any atom is 0.178 e. The summed E-state index contributed by atoms with van der Waals surface area (Å²) in [7, 11) is 0. The molecule has 0 amide bonds. The average molecular weight is 461 g/mol. The van der Waals surface area contributed by atoms with E-state index in [0.29, 0.717) is 16.0 Å². The lowest BCUT2D eigenvalue weighted by Crippen LogP contribution is -3.00. The zero-order valence-electron chi connectivity index (χ0n) is 15.5. The summed E-state index contributed by atoms with van der Waals surface area (Å²) in [6.07, 6.45) is 8.92. The van der Waals surface area contributed by atoms with E-state index >= 15 is 0 Å².